The van der Waals surface area contributed by atoms with Gasteiger partial charge >= 0.3 is 0 Å². The van der Waals surface area contributed by atoms with Gasteiger partial charge in [-0.25, -0.2) is 0 Å². The number of aryl methyl sites for hydroxylation is 1. The smallest absolute Gasteiger partial charge is 0.254 e. The van der Waals surface area contributed by atoms with Crippen molar-refractivity contribution >= 4 is 5.91 Å². The van der Waals surface area contributed by atoms with Crippen molar-refractivity contribution in [3.8, 4) is 0 Å². The highest BCUT2D eigenvalue weighted by molar-refractivity contribution is 5.95. The molecule has 18 heavy (non-hydrogen) atoms. The van der Waals surface area contributed by atoms with Gasteiger partial charge in [0.15, 0.2) is 0 Å². The van der Waals surface area contributed by atoms with Crippen LogP contribution in [0.25, 0.3) is 0 Å². The maximum atomic E-state index is 12.6. The number of hydrogen-bond acceptors (Lipinski definition) is 1. The zero-order valence-electron chi connectivity index (χ0n) is 12.2. The Kier molecular flexibility index (Phi) is 5.39. The quantitative estimate of drug-likeness (QED) is 0.776. The lowest BCUT2D eigenvalue weighted by Crippen LogP contribution is -2.37. The highest BCUT2D eigenvalue weighted by atomic mass is 16.2. The molecule has 0 saturated heterocycles. The van der Waals surface area contributed by atoms with Gasteiger partial charge in [-0.3, -0.25) is 4.79 Å². The first-order chi connectivity index (χ1) is 8.41. The number of carbonyl (C=O) groups excluding carboxylic acids is 1. The average Bonchev–Trinajstić information content (AvgIpc) is 2.26. The molecule has 100 valence electrons. The second kappa shape index (κ2) is 6.58. The van der Waals surface area contributed by atoms with Gasteiger partial charge in [0, 0.05) is 18.7 Å². The van der Waals surface area contributed by atoms with Crippen LogP contribution in [-0.2, 0) is 0 Å². The summed E-state index contributed by atoms with van der Waals surface area (Å²) in [4.78, 5) is 14.5. The summed E-state index contributed by atoms with van der Waals surface area (Å²) in [6.45, 7) is 12.3. The molecule has 1 amide bonds. The van der Waals surface area contributed by atoms with Gasteiger partial charge in [0.2, 0.25) is 0 Å². The summed E-state index contributed by atoms with van der Waals surface area (Å²) in [6, 6.07) is 7.83. The van der Waals surface area contributed by atoms with E-state index in [-0.39, 0.29) is 5.91 Å². The minimum Gasteiger partial charge on any atom is -0.338 e. The molecule has 0 aliphatic carbocycles. The van der Waals surface area contributed by atoms with Gasteiger partial charge in [-0.1, -0.05) is 45.9 Å². The third-order valence-corrected chi connectivity index (χ3v) is 2.83. The number of amides is 1. The second-order valence-corrected chi connectivity index (χ2v) is 5.81. The second-order valence-electron chi connectivity index (χ2n) is 5.81. The minimum atomic E-state index is 0.162. The number of carbonyl (C=O) groups is 1. The van der Waals surface area contributed by atoms with Crippen LogP contribution in [0.4, 0.5) is 0 Å². The highest BCUT2D eigenvalue weighted by Crippen LogP contribution is 2.13. The monoisotopic (exact) mass is 247 g/mol. The van der Waals surface area contributed by atoms with Crippen molar-refractivity contribution in [2.45, 2.75) is 34.6 Å². The van der Waals surface area contributed by atoms with E-state index in [1.807, 2.05) is 36.1 Å². The predicted molar refractivity (Wildman–Crippen MR) is 76.8 cm³/mol. The first-order valence-corrected chi connectivity index (χ1v) is 6.76. The summed E-state index contributed by atoms with van der Waals surface area (Å²) in [6.07, 6.45) is 0. The van der Waals surface area contributed by atoms with Crippen LogP contribution in [-0.4, -0.2) is 23.9 Å². The Labute approximate surface area is 111 Å². The summed E-state index contributed by atoms with van der Waals surface area (Å²) >= 11 is 0. The molecule has 0 aromatic heterocycles. The number of benzene rings is 1. The number of rotatable bonds is 5. The van der Waals surface area contributed by atoms with Gasteiger partial charge in [-0.05, 0) is 30.4 Å². The summed E-state index contributed by atoms with van der Waals surface area (Å²) in [5.74, 6) is 1.16. The van der Waals surface area contributed by atoms with Gasteiger partial charge in [0.05, 0.1) is 0 Å². The fourth-order valence-electron chi connectivity index (χ4n) is 2.11. The van der Waals surface area contributed by atoms with Crippen LogP contribution >= 0.6 is 0 Å². The Morgan fingerprint density at radius 1 is 1.06 bits per heavy atom. The Balaban J connectivity index is 2.91. The van der Waals surface area contributed by atoms with Crippen LogP contribution in [0.1, 0.15) is 43.6 Å². The van der Waals surface area contributed by atoms with Crippen LogP contribution in [0.5, 0.6) is 0 Å². The van der Waals surface area contributed by atoms with Crippen molar-refractivity contribution < 1.29 is 4.79 Å². The van der Waals surface area contributed by atoms with Crippen molar-refractivity contribution in [2.75, 3.05) is 13.1 Å². The summed E-state index contributed by atoms with van der Waals surface area (Å²) in [7, 11) is 0. The van der Waals surface area contributed by atoms with Gasteiger partial charge in [-0.2, -0.15) is 0 Å². The van der Waals surface area contributed by atoms with Crippen LogP contribution < -0.4 is 0 Å². The molecule has 1 rings (SSSR count). The third-order valence-electron chi connectivity index (χ3n) is 2.83. The largest absolute Gasteiger partial charge is 0.338 e. The van der Waals surface area contributed by atoms with Gasteiger partial charge in [0.1, 0.15) is 0 Å². The standard InChI is InChI=1S/C16H25NO/c1-12(2)10-17(11-13(3)4)16(18)15-9-7-6-8-14(15)5/h6-9,12-13H,10-11H2,1-5H3. The first-order valence-electron chi connectivity index (χ1n) is 6.76. The molecule has 2 heteroatoms. The topological polar surface area (TPSA) is 20.3 Å². The molecule has 0 saturated carbocycles. The fraction of sp³-hybridized carbons (Fsp3) is 0.562. The minimum absolute atomic E-state index is 0.162. The summed E-state index contributed by atoms with van der Waals surface area (Å²) in [5.41, 5.74) is 1.89. The molecule has 1 aromatic rings. The van der Waals surface area contributed by atoms with Crippen LogP contribution in [0.15, 0.2) is 24.3 Å². The van der Waals surface area contributed by atoms with Crippen molar-refractivity contribution in [1.29, 1.82) is 0 Å². The lowest BCUT2D eigenvalue weighted by molar-refractivity contribution is 0.0714. The van der Waals surface area contributed by atoms with Crippen molar-refractivity contribution in [3.63, 3.8) is 0 Å². The zero-order valence-corrected chi connectivity index (χ0v) is 12.2. The fourth-order valence-corrected chi connectivity index (χ4v) is 2.11. The van der Waals surface area contributed by atoms with E-state index in [2.05, 4.69) is 27.7 Å². The van der Waals surface area contributed by atoms with Crippen LogP contribution in [0.3, 0.4) is 0 Å². The lowest BCUT2D eigenvalue weighted by atomic mass is 10.1. The van der Waals surface area contributed by atoms with Gasteiger partial charge in [0.25, 0.3) is 5.91 Å². The summed E-state index contributed by atoms with van der Waals surface area (Å²) in [5, 5.41) is 0. The molecule has 1 aromatic carbocycles. The van der Waals surface area contributed by atoms with E-state index in [4.69, 9.17) is 0 Å². The molecule has 0 N–H and O–H groups in total. The van der Waals surface area contributed by atoms with Crippen molar-refractivity contribution in [3.05, 3.63) is 35.4 Å². The van der Waals surface area contributed by atoms with Crippen LogP contribution in [0, 0.1) is 18.8 Å². The van der Waals surface area contributed by atoms with E-state index >= 15 is 0 Å². The zero-order chi connectivity index (χ0) is 13.7. The molecule has 0 atom stereocenters. The molecule has 2 nitrogen and oxygen atoms in total. The van der Waals surface area contributed by atoms with Crippen molar-refractivity contribution in [2.24, 2.45) is 11.8 Å². The maximum absolute atomic E-state index is 12.6. The lowest BCUT2D eigenvalue weighted by Gasteiger charge is -2.27. The molecular weight excluding hydrogens is 222 g/mol. The van der Waals surface area contributed by atoms with E-state index in [0.717, 1.165) is 24.2 Å². The molecular formula is C16H25NO. The average molecular weight is 247 g/mol. The molecule has 0 bridgehead atoms. The maximum Gasteiger partial charge on any atom is 0.254 e. The molecule has 0 unspecified atom stereocenters. The van der Waals surface area contributed by atoms with E-state index in [1.54, 1.807) is 0 Å². The summed E-state index contributed by atoms with van der Waals surface area (Å²) < 4.78 is 0. The van der Waals surface area contributed by atoms with E-state index in [0.29, 0.717) is 11.8 Å². The van der Waals surface area contributed by atoms with E-state index in [1.165, 1.54) is 0 Å². The van der Waals surface area contributed by atoms with Crippen LogP contribution in [0.2, 0.25) is 0 Å². The third kappa shape index (κ3) is 4.17. The Hall–Kier alpha value is -1.31. The molecule has 0 spiro atoms. The first kappa shape index (κ1) is 14.7. The number of nitrogens with zero attached hydrogens (tertiary/aromatic N) is 1. The molecule has 0 heterocycles. The van der Waals surface area contributed by atoms with E-state index < -0.39 is 0 Å². The molecule has 0 radical (unpaired) electrons. The molecule has 0 fully saturated rings. The SMILES string of the molecule is Cc1ccccc1C(=O)N(CC(C)C)CC(C)C. The Bertz CT molecular complexity index is 386. The number of hydrogen-bond donors (Lipinski definition) is 0. The molecule has 0 aliphatic heterocycles. The highest BCUT2D eigenvalue weighted by Gasteiger charge is 2.18. The van der Waals surface area contributed by atoms with Gasteiger partial charge in [-0.15, -0.1) is 0 Å². The van der Waals surface area contributed by atoms with Crippen molar-refractivity contribution in [1.82, 2.24) is 4.90 Å². The Morgan fingerprint density at radius 3 is 2.00 bits per heavy atom. The molecule has 0 aliphatic rings. The predicted octanol–water partition coefficient (Wildman–Crippen LogP) is 3.75. The normalized spacial score (nSPS) is 11.1. The Morgan fingerprint density at radius 2 is 1.56 bits per heavy atom. The van der Waals surface area contributed by atoms with Gasteiger partial charge < -0.3 is 4.90 Å². The van der Waals surface area contributed by atoms with E-state index in [9.17, 15) is 4.79 Å².